The molecule has 4 amide bonds. The molecule has 0 spiro atoms. The molecule has 1 aliphatic rings. The summed E-state index contributed by atoms with van der Waals surface area (Å²) in [5.41, 5.74) is 17.0. The number of nitrogens with two attached hydrogens (primary N) is 2. The number of rotatable bonds is 16. The van der Waals surface area contributed by atoms with Crippen LogP contribution in [0.3, 0.4) is 0 Å². The third-order valence-corrected chi connectivity index (χ3v) is 10.8. The molecular formula is C39H54Cl2N6O6S. The van der Waals surface area contributed by atoms with Crippen LogP contribution in [0.1, 0.15) is 88.2 Å². The van der Waals surface area contributed by atoms with Crippen molar-refractivity contribution in [3.63, 3.8) is 0 Å². The van der Waals surface area contributed by atoms with E-state index in [-0.39, 0.29) is 68.7 Å². The zero-order valence-electron chi connectivity index (χ0n) is 31.8. The first-order valence-electron chi connectivity index (χ1n) is 18.0. The molecule has 12 nitrogen and oxygen atoms in total. The van der Waals surface area contributed by atoms with Crippen molar-refractivity contribution in [2.75, 3.05) is 13.2 Å². The summed E-state index contributed by atoms with van der Waals surface area (Å²) < 4.78 is 5.86. The lowest BCUT2D eigenvalue weighted by Crippen LogP contribution is -2.57. The van der Waals surface area contributed by atoms with Crippen molar-refractivity contribution in [3.05, 3.63) is 69.3 Å². The molecule has 0 unspecified atom stereocenters. The number of amides is 4. The molecule has 4 rings (SSSR count). The molecule has 0 aliphatic carbocycles. The fraction of sp³-hybridized carbons (Fsp3) is 0.513. The fourth-order valence-electron chi connectivity index (χ4n) is 6.39. The molecule has 0 radical (unpaired) electrons. The third-order valence-electron chi connectivity index (χ3n) is 9.38. The quantitative estimate of drug-likeness (QED) is 0.131. The van der Waals surface area contributed by atoms with Gasteiger partial charge in [-0.15, -0.1) is 23.7 Å². The molecule has 5 atom stereocenters. The number of nitrogens with one attached hydrogen (secondary N) is 2. The fourth-order valence-corrected chi connectivity index (χ4v) is 7.46. The molecule has 7 N–H and O–H groups in total. The van der Waals surface area contributed by atoms with E-state index in [1.54, 1.807) is 11.3 Å². The minimum absolute atomic E-state index is 0. The summed E-state index contributed by atoms with van der Waals surface area (Å²) in [5.74, 6) is -1.05. The number of nitrogens with zero attached hydrogens (tertiary/aromatic N) is 2. The topological polar surface area (TPSA) is 190 Å². The van der Waals surface area contributed by atoms with Crippen LogP contribution in [0.4, 0.5) is 0 Å². The number of aliphatic hydroxyl groups excluding tert-OH is 1. The summed E-state index contributed by atoms with van der Waals surface area (Å²) in [6.45, 7) is 11.5. The Kier molecular flexibility index (Phi) is 16.3. The molecule has 2 aromatic carbocycles. The molecule has 1 aliphatic heterocycles. The SMILES string of the molecule is Cc1cc(CCCC(=O)N[C@H](C(=O)N2C[C@H](O)C[C@H]2C(=O)N[C@@H](C)c2ccc(-c3scnc3C)cc2)C(C)(C)C)c(Cl)c(OC[C@@H](N)CCC(N)=O)c1.Cl. The monoisotopic (exact) mass is 804 g/mol. The van der Waals surface area contributed by atoms with Crippen molar-refractivity contribution in [1.29, 1.82) is 0 Å². The number of carbonyl (C=O) groups excluding carboxylic acids is 4. The smallest absolute Gasteiger partial charge is 0.246 e. The van der Waals surface area contributed by atoms with Gasteiger partial charge in [-0.25, -0.2) is 4.98 Å². The number of ether oxygens (including phenoxy) is 1. The Bertz CT molecular complexity index is 1760. The predicted octanol–water partition coefficient (Wildman–Crippen LogP) is 5.17. The number of hydrogen-bond donors (Lipinski definition) is 5. The second-order valence-electron chi connectivity index (χ2n) is 15.0. The Morgan fingerprint density at radius 2 is 1.80 bits per heavy atom. The van der Waals surface area contributed by atoms with Crippen molar-refractivity contribution < 1.29 is 29.0 Å². The van der Waals surface area contributed by atoms with Crippen LogP contribution >= 0.6 is 35.3 Å². The van der Waals surface area contributed by atoms with Gasteiger partial charge < -0.3 is 36.8 Å². The molecule has 0 bridgehead atoms. The Morgan fingerprint density at radius 3 is 2.41 bits per heavy atom. The first-order chi connectivity index (χ1) is 24.9. The molecule has 54 heavy (non-hydrogen) atoms. The first kappa shape index (κ1) is 44.6. The Balaban J connectivity index is 0.00000784. The maximum atomic E-state index is 14.1. The van der Waals surface area contributed by atoms with Gasteiger partial charge in [-0.2, -0.15) is 0 Å². The lowest BCUT2D eigenvalue weighted by molar-refractivity contribution is -0.144. The third kappa shape index (κ3) is 12.1. The van der Waals surface area contributed by atoms with Crippen LogP contribution < -0.4 is 26.8 Å². The number of carbonyl (C=O) groups is 4. The first-order valence-corrected chi connectivity index (χ1v) is 19.2. The number of hydrogen-bond acceptors (Lipinski definition) is 9. The molecule has 15 heteroatoms. The van der Waals surface area contributed by atoms with Gasteiger partial charge in [0.15, 0.2) is 0 Å². The highest BCUT2D eigenvalue weighted by molar-refractivity contribution is 7.13. The average molecular weight is 806 g/mol. The molecule has 1 saturated heterocycles. The highest BCUT2D eigenvalue weighted by atomic mass is 35.5. The van der Waals surface area contributed by atoms with Crippen molar-refractivity contribution in [3.8, 4) is 16.2 Å². The number of thiazole rings is 1. The van der Waals surface area contributed by atoms with E-state index in [2.05, 4.69) is 15.6 Å². The van der Waals surface area contributed by atoms with E-state index in [0.29, 0.717) is 30.0 Å². The van der Waals surface area contributed by atoms with E-state index in [9.17, 15) is 24.3 Å². The summed E-state index contributed by atoms with van der Waals surface area (Å²) in [7, 11) is 0. The van der Waals surface area contributed by atoms with Gasteiger partial charge in [0.25, 0.3) is 0 Å². The molecule has 3 aromatic rings. The van der Waals surface area contributed by atoms with Crippen molar-refractivity contribution in [2.45, 2.75) is 110 Å². The molecule has 1 fully saturated rings. The molecule has 2 heterocycles. The zero-order valence-corrected chi connectivity index (χ0v) is 34.2. The zero-order chi connectivity index (χ0) is 39.0. The molecule has 296 valence electrons. The number of likely N-dealkylation sites (tertiary alicyclic amines) is 1. The van der Waals surface area contributed by atoms with Gasteiger partial charge >= 0.3 is 0 Å². The number of aliphatic hydroxyl groups is 1. The average Bonchev–Trinajstić information content (AvgIpc) is 3.71. The van der Waals surface area contributed by atoms with Crippen LogP contribution in [0.25, 0.3) is 10.4 Å². The minimum Gasteiger partial charge on any atom is -0.490 e. The Hall–Kier alpha value is -3.75. The van der Waals surface area contributed by atoms with Crippen molar-refractivity contribution in [2.24, 2.45) is 16.9 Å². The van der Waals surface area contributed by atoms with Gasteiger partial charge in [-0.3, -0.25) is 19.2 Å². The summed E-state index contributed by atoms with van der Waals surface area (Å²) in [4.78, 5) is 58.9. The van der Waals surface area contributed by atoms with Crippen molar-refractivity contribution in [1.82, 2.24) is 20.5 Å². The van der Waals surface area contributed by atoms with Crippen LogP contribution in [-0.4, -0.2) is 76.0 Å². The van der Waals surface area contributed by atoms with Crippen LogP contribution in [0.5, 0.6) is 5.75 Å². The Morgan fingerprint density at radius 1 is 1.11 bits per heavy atom. The minimum atomic E-state index is -0.933. The van der Waals surface area contributed by atoms with Gasteiger partial charge in [-0.05, 0) is 73.8 Å². The van der Waals surface area contributed by atoms with Crippen LogP contribution in [-0.2, 0) is 25.6 Å². The normalized spacial score (nSPS) is 17.2. The largest absolute Gasteiger partial charge is 0.490 e. The van der Waals surface area contributed by atoms with E-state index in [1.807, 2.05) is 83.5 Å². The van der Waals surface area contributed by atoms with Gasteiger partial charge in [0, 0.05) is 31.8 Å². The van der Waals surface area contributed by atoms with E-state index >= 15 is 0 Å². The highest BCUT2D eigenvalue weighted by Gasteiger charge is 2.44. The van der Waals surface area contributed by atoms with E-state index in [0.717, 1.165) is 32.8 Å². The number of aryl methyl sites for hydroxylation is 3. The number of aromatic nitrogens is 1. The standard InChI is InChI=1S/C39H53ClN6O6S.ClH/c1-22-16-27(34(40)31(17-22)52-20-28(41)14-15-32(42)48)8-7-9-33(49)45-36(39(4,5)6)38(51)46-19-29(47)18-30(46)37(50)44-23(2)25-10-12-26(13-11-25)35-24(3)43-21-53-35;/h10-13,16-17,21,23,28-30,36,47H,7-9,14-15,18-20,41H2,1-6H3,(H2,42,48)(H,44,50)(H,45,49);1H/t23-,28-,29+,30-,36+;/m0./s1. The van der Waals surface area contributed by atoms with Gasteiger partial charge in [-0.1, -0.05) is 62.7 Å². The number of benzene rings is 2. The van der Waals surface area contributed by atoms with Gasteiger partial charge in [0.1, 0.15) is 24.4 Å². The predicted molar refractivity (Wildman–Crippen MR) is 215 cm³/mol. The maximum absolute atomic E-state index is 14.1. The number of primary amides is 1. The van der Waals surface area contributed by atoms with E-state index in [1.165, 1.54) is 4.90 Å². The van der Waals surface area contributed by atoms with Crippen LogP contribution in [0, 0.1) is 19.3 Å². The second-order valence-corrected chi connectivity index (χ2v) is 16.3. The van der Waals surface area contributed by atoms with E-state index < -0.39 is 35.4 Å². The summed E-state index contributed by atoms with van der Waals surface area (Å²) >= 11 is 8.24. The Labute approximate surface area is 333 Å². The molecule has 0 saturated carbocycles. The summed E-state index contributed by atoms with van der Waals surface area (Å²) in [5, 5.41) is 17.0. The summed E-state index contributed by atoms with van der Waals surface area (Å²) in [6.07, 6.45) is 0.855. The molecular weight excluding hydrogens is 751 g/mol. The number of β-amino-alcohol motifs (C(OH)–C–C–N with tert-alkyl or cyclic N) is 1. The lowest BCUT2D eigenvalue weighted by atomic mass is 9.85. The summed E-state index contributed by atoms with van der Waals surface area (Å²) in [6, 6.07) is 9.12. The second kappa shape index (κ2) is 19.7. The molecule has 1 aromatic heterocycles. The lowest BCUT2D eigenvalue weighted by Gasteiger charge is -2.35. The maximum Gasteiger partial charge on any atom is 0.246 e. The van der Waals surface area contributed by atoms with Crippen LogP contribution in [0.2, 0.25) is 5.02 Å². The van der Waals surface area contributed by atoms with Crippen molar-refractivity contribution >= 4 is 59.0 Å². The van der Waals surface area contributed by atoms with Crippen LogP contribution in [0.15, 0.2) is 41.9 Å². The highest BCUT2D eigenvalue weighted by Crippen LogP contribution is 2.32. The van der Waals surface area contributed by atoms with Gasteiger partial charge in [0.2, 0.25) is 23.6 Å². The number of halogens is 2. The van der Waals surface area contributed by atoms with E-state index in [4.69, 9.17) is 27.8 Å². The van der Waals surface area contributed by atoms with Gasteiger partial charge in [0.05, 0.1) is 33.3 Å².